The van der Waals surface area contributed by atoms with E-state index in [9.17, 15) is 14.9 Å². The zero-order valence-electron chi connectivity index (χ0n) is 18.7. The zero-order valence-corrected chi connectivity index (χ0v) is 18.7. The van der Waals surface area contributed by atoms with Crippen LogP contribution in [-0.2, 0) is 11.3 Å². The van der Waals surface area contributed by atoms with E-state index in [2.05, 4.69) is 41.0 Å². The number of rotatable bonds is 6. The Morgan fingerprint density at radius 2 is 1.50 bits per heavy atom. The van der Waals surface area contributed by atoms with Crippen molar-refractivity contribution < 1.29 is 9.72 Å². The van der Waals surface area contributed by atoms with Crippen molar-refractivity contribution in [1.82, 2.24) is 14.7 Å². The highest BCUT2D eigenvalue weighted by molar-refractivity contribution is 5.78. The van der Waals surface area contributed by atoms with Crippen LogP contribution >= 0.6 is 0 Å². The van der Waals surface area contributed by atoms with Gasteiger partial charge in [0.25, 0.3) is 5.69 Å². The molecule has 2 saturated heterocycles. The number of aryl methyl sites for hydroxylation is 1. The van der Waals surface area contributed by atoms with Crippen LogP contribution in [0.5, 0.6) is 0 Å². The number of hydrogen-bond acceptors (Lipinski definition) is 6. The van der Waals surface area contributed by atoms with Crippen molar-refractivity contribution in [2.45, 2.75) is 13.5 Å². The number of nitro groups is 1. The van der Waals surface area contributed by atoms with Gasteiger partial charge in [0.05, 0.1) is 11.5 Å². The van der Waals surface area contributed by atoms with Gasteiger partial charge in [0, 0.05) is 65.0 Å². The average molecular weight is 438 g/mol. The second kappa shape index (κ2) is 10.1. The predicted molar refractivity (Wildman–Crippen MR) is 125 cm³/mol. The summed E-state index contributed by atoms with van der Waals surface area (Å²) in [5.41, 5.74) is 3.46. The molecule has 2 aromatic rings. The third kappa shape index (κ3) is 5.26. The standard InChI is InChI=1S/C24H31N5O3/c1-20-6-2-3-7-21(20)18-25-12-16-28(17-13-25)24(30)19-26-10-14-27(15-11-26)22-8-4-5-9-23(22)29(31)32/h2-9H,10-19H2,1H3. The van der Waals surface area contributed by atoms with Gasteiger partial charge >= 0.3 is 0 Å². The first-order valence-electron chi connectivity index (χ1n) is 11.3. The van der Waals surface area contributed by atoms with Gasteiger partial charge in [-0.1, -0.05) is 36.4 Å². The number of anilines is 1. The van der Waals surface area contributed by atoms with Gasteiger partial charge < -0.3 is 9.80 Å². The van der Waals surface area contributed by atoms with E-state index in [1.807, 2.05) is 15.9 Å². The van der Waals surface area contributed by atoms with Gasteiger partial charge in [0.1, 0.15) is 5.69 Å². The average Bonchev–Trinajstić information content (AvgIpc) is 2.81. The molecule has 2 fully saturated rings. The van der Waals surface area contributed by atoms with E-state index in [-0.39, 0.29) is 16.5 Å². The summed E-state index contributed by atoms with van der Waals surface area (Å²) < 4.78 is 0. The third-order valence-corrected chi connectivity index (χ3v) is 6.53. The Balaban J connectivity index is 1.23. The molecule has 0 atom stereocenters. The molecule has 2 aromatic carbocycles. The Morgan fingerprint density at radius 1 is 0.875 bits per heavy atom. The maximum Gasteiger partial charge on any atom is 0.292 e. The molecule has 1 amide bonds. The molecular formula is C24H31N5O3. The highest BCUT2D eigenvalue weighted by Gasteiger charge is 2.27. The predicted octanol–water partition coefficient (Wildman–Crippen LogP) is 2.37. The van der Waals surface area contributed by atoms with Crippen molar-refractivity contribution in [2.75, 3.05) is 63.8 Å². The first-order valence-corrected chi connectivity index (χ1v) is 11.3. The number of benzene rings is 2. The smallest absolute Gasteiger partial charge is 0.292 e. The summed E-state index contributed by atoms with van der Waals surface area (Å²) in [6, 6.07) is 15.3. The Morgan fingerprint density at radius 3 is 2.19 bits per heavy atom. The zero-order chi connectivity index (χ0) is 22.5. The van der Waals surface area contributed by atoms with Crippen molar-refractivity contribution in [3.63, 3.8) is 0 Å². The van der Waals surface area contributed by atoms with Gasteiger partial charge in [-0.25, -0.2) is 0 Å². The molecule has 0 aromatic heterocycles. The second-order valence-electron chi connectivity index (χ2n) is 8.59. The number of amides is 1. The number of nitrogens with zero attached hydrogens (tertiary/aromatic N) is 5. The highest BCUT2D eigenvalue weighted by atomic mass is 16.6. The summed E-state index contributed by atoms with van der Waals surface area (Å²) in [6.45, 7) is 9.63. The summed E-state index contributed by atoms with van der Waals surface area (Å²) in [7, 11) is 0. The van der Waals surface area contributed by atoms with E-state index in [4.69, 9.17) is 0 Å². The molecule has 2 heterocycles. The van der Waals surface area contributed by atoms with Crippen LogP contribution < -0.4 is 4.90 Å². The largest absolute Gasteiger partial charge is 0.363 e. The van der Waals surface area contributed by atoms with Crippen molar-refractivity contribution in [2.24, 2.45) is 0 Å². The molecule has 2 aliphatic heterocycles. The normalized spacial score (nSPS) is 18.0. The van der Waals surface area contributed by atoms with Crippen LogP contribution in [0.1, 0.15) is 11.1 Å². The molecule has 32 heavy (non-hydrogen) atoms. The summed E-state index contributed by atoms with van der Waals surface area (Å²) in [5, 5.41) is 11.3. The minimum absolute atomic E-state index is 0.139. The minimum atomic E-state index is -0.329. The summed E-state index contributed by atoms with van der Waals surface area (Å²) >= 11 is 0. The van der Waals surface area contributed by atoms with Gasteiger partial charge in [-0.2, -0.15) is 0 Å². The quantitative estimate of drug-likeness (QED) is 0.510. The lowest BCUT2D eigenvalue weighted by molar-refractivity contribution is -0.384. The SMILES string of the molecule is Cc1ccccc1CN1CCN(C(=O)CN2CCN(c3ccccc3[N+](=O)[O-])CC2)CC1. The van der Waals surface area contributed by atoms with E-state index in [0.717, 1.165) is 45.8 Å². The number of hydrogen-bond donors (Lipinski definition) is 0. The first-order chi connectivity index (χ1) is 15.5. The molecular weight excluding hydrogens is 406 g/mol. The van der Waals surface area contributed by atoms with Crippen LogP contribution in [-0.4, -0.2) is 84.4 Å². The topological polar surface area (TPSA) is 73.2 Å². The van der Waals surface area contributed by atoms with E-state index < -0.39 is 0 Å². The van der Waals surface area contributed by atoms with Crippen LogP contribution in [0.4, 0.5) is 11.4 Å². The van der Waals surface area contributed by atoms with E-state index >= 15 is 0 Å². The maximum atomic E-state index is 12.8. The molecule has 0 aliphatic carbocycles. The number of piperazine rings is 2. The van der Waals surface area contributed by atoms with E-state index in [1.54, 1.807) is 18.2 Å². The van der Waals surface area contributed by atoms with Gasteiger partial charge in [-0.05, 0) is 24.1 Å². The van der Waals surface area contributed by atoms with Gasteiger partial charge in [-0.15, -0.1) is 0 Å². The molecule has 0 saturated carbocycles. The second-order valence-corrected chi connectivity index (χ2v) is 8.59. The molecule has 0 N–H and O–H groups in total. The van der Waals surface area contributed by atoms with Crippen molar-refractivity contribution in [3.8, 4) is 0 Å². The van der Waals surface area contributed by atoms with Crippen molar-refractivity contribution in [1.29, 1.82) is 0 Å². The first kappa shape index (κ1) is 22.2. The minimum Gasteiger partial charge on any atom is -0.363 e. The van der Waals surface area contributed by atoms with Gasteiger partial charge in [-0.3, -0.25) is 24.7 Å². The van der Waals surface area contributed by atoms with E-state index in [1.165, 1.54) is 11.1 Å². The molecule has 0 radical (unpaired) electrons. The lowest BCUT2D eigenvalue weighted by atomic mass is 10.1. The Bertz CT molecular complexity index is 950. The summed E-state index contributed by atoms with van der Waals surface area (Å²) in [5.74, 6) is 0.180. The Hall–Kier alpha value is -2.97. The fraction of sp³-hybridized carbons (Fsp3) is 0.458. The molecule has 4 rings (SSSR count). The van der Waals surface area contributed by atoms with Crippen LogP contribution in [0.2, 0.25) is 0 Å². The Kier molecular flexibility index (Phi) is 7.02. The number of carbonyl (C=O) groups excluding carboxylic acids is 1. The molecule has 0 spiro atoms. The number of nitro benzene ring substituents is 1. The highest BCUT2D eigenvalue weighted by Crippen LogP contribution is 2.28. The number of para-hydroxylation sites is 2. The van der Waals surface area contributed by atoms with Crippen LogP contribution in [0, 0.1) is 17.0 Å². The third-order valence-electron chi connectivity index (χ3n) is 6.53. The summed E-state index contributed by atoms with van der Waals surface area (Å²) in [4.78, 5) is 32.4. The fourth-order valence-electron chi connectivity index (χ4n) is 4.51. The summed E-state index contributed by atoms with van der Waals surface area (Å²) in [6.07, 6.45) is 0. The van der Waals surface area contributed by atoms with Crippen LogP contribution in [0.15, 0.2) is 48.5 Å². The van der Waals surface area contributed by atoms with Crippen molar-refractivity contribution >= 4 is 17.3 Å². The van der Waals surface area contributed by atoms with E-state index in [0.29, 0.717) is 25.3 Å². The molecule has 2 aliphatic rings. The molecule has 8 heteroatoms. The molecule has 0 unspecified atom stereocenters. The lowest BCUT2D eigenvalue weighted by Crippen LogP contribution is -2.53. The fourth-order valence-corrected chi connectivity index (χ4v) is 4.51. The Labute approximate surface area is 189 Å². The lowest BCUT2D eigenvalue weighted by Gasteiger charge is -2.38. The number of carbonyl (C=O) groups is 1. The molecule has 0 bridgehead atoms. The van der Waals surface area contributed by atoms with Gasteiger partial charge in [0.2, 0.25) is 5.91 Å². The van der Waals surface area contributed by atoms with Crippen LogP contribution in [0.25, 0.3) is 0 Å². The molecule has 170 valence electrons. The van der Waals surface area contributed by atoms with Gasteiger partial charge in [0.15, 0.2) is 0 Å². The van der Waals surface area contributed by atoms with Crippen molar-refractivity contribution in [3.05, 3.63) is 69.8 Å². The monoisotopic (exact) mass is 437 g/mol. The van der Waals surface area contributed by atoms with Crippen LogP contribution in [0.3, 0.4) is 0 Å². The molecule has 8 nitrogen and oxygen atoms in total. The maximum absolute atomic E-state index is 12.8.